The van der Waals surface area contributed by atoms with Gasteiger partial charge in [-0.25, -0.2) is 9.78 Å². The lowest BCUT2D eigenvalue weighted by atomic mass is 10.3. The fourth-order valence-corrected chi connectivity index (χ4v) is 1.78. The molecule has 110 valence electrons. The standard InChI is InChI=1S/C11H12F3N3O2S/c1-2-15-10(19)17-8(18)6-20-9-4-3-7(5-16-9)11(12,13)14/h3-5H,2,6H2,1H3,(H2,15,17,18,19). The largest absolute Gasteiger partial charge is 0.417 e. The minimum atomic E-state index is -4.44. The number of hydrogen-bond acceptors (Lipinski definition) is 4. The third kappa shape index (κ3) is 5.47. The van der Waals surface area contributed by atoms with E-state index in [9.17, 15) is 22.8 Å². The minimum Gasteiger partial charge on any atom is -0.338 e. The van der Waals surface area contributed by atoms with Gasteiger partial charge in [0.15, 0.2) is 0 Å². The van der Waals surface area contributed by atoms with Crippen molar-refractivity contribution in [1.29, 1.82) is 0 Å². The third-order valence-electron chi connectivity index (χ3n) is 2.01. The topological polar surface area (TPSA) is 71.1 Å². The molecule has 0 aliphatic heterocycles. The zero-order valence-electron chi connectivity index (χ0n) is 10.5. The second-order valence-electron chi connectivity index (χ2n) is 3.58. The molecule has 0 unspecified atom stereocenters. The van der Waals surface area contributed by atoms with E-state index in [4.69, 9.17) is 0 Å². The van der Waals surface area contributed by atoms with E-state index in [2.05, 4.69) is 15.6 Å². The zero-order valence-corrected chi connectivity index (χ0v) is 11.3. The number of halogens is 3. The van der Waals surface area contributed by atoms with Gasteiger partial charge in [-0.15, -0.1) is 0 Å². The molecule has 3 amide bonds. The summed E-state index contributed by atoms with van der Waals surface area (Å²) in [4.78, 5) is 25.9. The number of aromatic nitrogens is 1. The Labute approximate surface area is 117 Å². The molecule has 20 heavy (non-hydrogen) atoms. The van der Waals surface area contributed by atoms with E-state index in [0.29, 0.717) is 12.7 Å². The number of imide groups is 1. The summed E-state index contributed by atoms with van der Waals surface area (Å²) in [5.41, 5.74) is -0.853. The SMILES string of the molecule is CCNC(=O)NC(=O)CSc1ccc(C(F)(F)F)cn1. The van der Waals surface area contributed by atoms with Gasteiger partial charge in [0, 0.05) is 12.7 Å². The van der Waals surface area contributed by atoms with Crippen LogP contribution in [0.4, 0.5) is 18.0 Å². The summed E-state index contributed by atoms with van der Waals surface area (Å²) in [6.07, 6.45) is -3.74. The molecule has 5 nitrogen and oxygen atoms in total. The number of alkyl halides is 3. The van der Waals surface area contributed by atoms with Crippen molar-refractivity contribution in [1.82, 2.24) is 15.6 Å². The van der Waals surface area contributed by atoms with Crippen LogP contribution in [0.3, 0.4) is 0 Å². The van der Waals surface area contributed by atoms with Gasteiger partial charge >= 0.3 is 12.2 Å². The highest BCUT2D eigenvalue weighted by Crippen LogP contribution is 2.29. The van der Waals surface area contributed by atoms with Gasteiger partial charge in [0.2, 0.25) is 5.91 Å². The lowest BCUT2D eigenvalue weighted by Crippen LogP contribution is -2.40. The second kappa shape index (κ2) is 7.13. The molecule has 0 saturated heterocycles. The van der Waals surface area contributed by atoms with E-state index >= 15 is 0 Å². The molecular weight excluding hydrogens is 295 g/mol. The van der Waals surface area contributed by atoms with E-state index in [1.165, 1.54) is 6.07 Å². The third-order valence-corrected chi connectivity index (χ3v) is 2.95. The smallest absolute Gasteiger partial charge is 0.338 e. The quantitative estimate of drug-likeness (QED) is 0.835. The molecule has 2 N–H and O–H groups in total. The first-order chi connectivity index (χ1) is 9.32. The number of carbonyl (C=O) groups is 2. The average molecular weight is 307 g/mol. The van der Waals surface area contributed by atoms with E-state index in [0.717, 1.165) is 17.8 Å². The van der Waals surface area contributed by atoms with Crippen LogP contribution in [0.15, 0.2) is 23.4 Å². The summed E-state index contributed by atoms with van der Waals surface area (Å²) in [5, 5.41) is 4.71. The molecule has 1 heterocycles. The van der Waals surface area contributed by atoms with Crippen molar-refractivity contribution in [3.05, 3.63) is 23.9 Å². The monoisotopic (exact) mass is 307 g/mol. The van der Waals surface area contributed by atoms with Crippen molar-refractivity contribution in [3.63, 3.8) is 0 Å². The highest BCUT2D eigenvalue weighted by Gasteiger charge is 2.30. The summed E-state index contributed by atoms with van der Waals surface area (Å²) < 4.78 is 36.9. The van der Waals surface area contributed by atoms with Crippen molar-refractivity contribution in [2.75, 3.05) is 12.3 Å². The Kier molecular flexibility index (Phi) is 5.81. The summed E-state index contributed by atoms with van der Waals surface area (Å²) in [6.45, 7) is 2.08. The number of rotatable bonds is 4. The summed E-state index contributed by atoms with van der Waals surface area (Å²) >= 11 is 0.937. The normalized spacial score (nSPS) is 11.0. The van der Waals surface area contributed by atoms with Crippen molar-refractivity contribution < 1.29 is 22.8 Å². The maximum absolute atomic E-state index is 12.3. The molecule has 0 atom stereocenters. The van der Waals surface area contributed by atoms with Gasteiger partial charge in [0.1, 0.15) is 0 Å². The number of pyridine rings is 1. The molecule has 9 heteroatoms. The second-order valence-corrected chi connectivity index (χ2v) is 4.57. The molecule has 0 fully saturated rings. The van der Waals surface area contributed by atoms with Crippen LogP contribution in [0.2, 0.25) is 0 Å². The molecule has 0 spiro atoms. The minimum absolute atomic E-state index is 0.116. The van der Waals surface area contributed by atoms with E-state index in [-0.39, 0.29) is 10.8 Å². The van der Waals surface area contributed by atoms with Gasteiger partial charge in [-0.2, -0.15) is 13.2 Å². The fourth-order valence-electron chi connectivity index (χ4n) is 1.14. The molecule has 0 radical (unpaired) electrons. The molecule has 1 aromatic rings. The Hall–Kier alpha value is -1.77. The molecule has 0 aliphatic carbocycles. The number of amides is 3. The maximum atomic E-state index is 12.3. The van der Waals surface area contributed by atoms with Crippen molar-refractivity contribution in [3.8, 4) is 0 Å². The number of nitrogens with one attached hydrogen (secondary N) is 2. The molecule has 1 aromatic heterocycles. The van der Waals surface area contributed by atoms with Gasteiger partial charge in [0.25, 0.3) is 0 Å². The predicted octanol–water partition coefficient (Wildman–Crippen LogP) is 2.04. The van der Waals surface area contributed by atoms with Gasteiger partial charge in [-0.1, -0.05) is 11.8 Å². The number of carbonyl (C=O) groups excluding carboxylic acids is 2. The van der Waals surface area contributed by atoms with Crippen LogP contribution in [0, 0.1) is 0 Å². The highest BCUT2D eigenvalue weighted by atomic mass is 32.2. The van der Waals surface area contributed by atoms with Crippen LogP contribution in [-0.4, -0.2) is 29.2 Å². The Morgan fingerprint density at radius 3 is 2.55 bits per heavy atom. The first-order valence-corrected chi connectivity index (χ1v) is 6.55. The van der Waals surface area contributed by atoms with Crippen molar-refractivity contribution in [2.45, 2.75) is 18.1 Å². The van der Waals surface area contributed by atoms with E-state index < -0.39 is 23.7 Å². The Morgan fingerprint density at radius 1 is 1.35 bits per heavy atom. The van der Waals surface area contributed by atoms with Crippen molar-refractivity contribution >= 4 is 23.7 Å². The van der Waals surface area contributed by atoms with Gasteiger partial charge < -0.3 is 5.32 Å². The number of urea groups is 1. The van der Waals surface area contributed by atoms with Crippen LogP contribution in [0.25, 0.3) is 0 Å². The van der Waals surface area contributed by atoms with Gasteiger partial charge in [-0.05, 0) is 19.1 Å². The van der Waals surface area contributed by atoms with E-state index in [1.807, 2.05) is 0 Å². The Balaban J connectivity index is 2.46. The molecule has 0 aromatic carbocycles. The summed E-state index contributed by atoms with van der Waals surface area (Å²) in [6, 6.07) is 1.45. The lowest BCUT2D eigenvalue weighted by Gasteiger charge is -2.07. The number of thioether (sulfide) groups is 1. The predicted molar refractivity (Wildman–Crippen MR) is 67.2 cm³/mol. The van der Waals surface area contributed by atoms with Gasteiger partial charge in [-0.3, -0.25) is 10.1 Å². The molecule has 1 rings (SSSR count). The lowest BCUT2D eigenvalue weighted by molar-refractivity contribution is -0.137. The fraction of sp³-hybridized carbons (Fsp3) is 0.364. The first kappa shape index (κ1) is 16.3. The van der Waals surface area contributed by atoms with Gasteiger partial charge in [0.05, 0.1) is 16.3 Å². The molecular formula is C11H12F3N3O2S. The number of hydrogen-bond donors (Lipinski definition) is 2. The highest BCUT2D eigenvalue weighted by molar-refractivity contribution is 7.99. The van der Waals surface area contributed by atoms with Crippen LogP contribution in [0.5, 0.6) is 0 Å². The van der Waals surface area contributed by atoms with Crippen LogP contribution < -0.4 is 10.6 Å². The van der Waals surface area contributed by atoms with Crippen LogP contribution in [0.1, 0.15) is 12.5 Å². The van der Waals surface area contributed by atoms with Crippen LogP contribution >= 0.6 is 11.8 Å². The Morgan fingerprint density at radius 2 is 2.05 bits per heavy atom. The average Bonchev–Trinajstić information content (AvgIpc) is 2.36. The summed E-state index contributed by atoms with van der Waals surface area (Å²) in [5.74, 6) is -0.669. The first-order valence-electron chi connectivity index (χ1n) is 5.56. The maximum Gasteiger partial charge on any atom is 0.417 e. The molecule has 0 aliphatic rings. The zero-order chi connectivity index (χ0) is 15.2. The van der Waals surface area contributed by atoms with Crippen molar-refractivity contribution in [2.24, 2.45) is 0 Å². The molecule has 0 saturated carbocycles. The number of nitrogens with zero attached hydrogens (tertiary/aromatic N) is 1. The van der Waals surface area contributed by atoms with Crippen LogP contribution in [-0.2, 0) is 11.0 Å². The summed E-state index contributed by atoms with van der Waals surface area (Å²) in [7, 11) is 0. The molecule has 0 bridgehead atoms. The Bertz CT molecular complexity index is 477. The van der Waals surface area contributed by atoms with E-state index in [1.54, 1.807) is 6.92 Å².